The summed E-state index contributed by atoms with van der Waals surface area (Å²) in [5.74, 6) is 0.181. The molecule has 0 saturated carbocycles. The van der Waals surface area contributed by atoms with Gasteiger partial charge in [-0.25, -0.2) is 0 Å². The highest BCUT2D eigenvalue weighted by molar-refractivity contribution is 6.31. The van der Waals surface area contributed by atoms with Crippen LogP contribution in [0.4, 0.5) is 0 Å². The molecule has 0 heterocycles. The summed E-state index contributed by atoms with van der Waals surface area (Å²) >= 11 is 6.05. The highest BCUT2D eigenvalue weighted by Crippen LogP contribution is 2.21. The van der Waals surface area contributed by atoms with Crippen molar-refractivity contribution >= 4 is 23.4 Å². The van der Waals surface area contributed by atoms with Crippen LogP contribution in [0, 0.1) is 13.8 Å². The number of hydrogen-bond acceptors (Lipinski definition) is 3. The first-order valence-corrected chi connectivity index (χ1v) is 10.3. The molecule has 2 amide bonds. The molecule has 6 heteroatoms. The predicted molar refractivity (Wildman–Crippen MR) is 116 cm³/mol. The van der Waals surface area contributed by atoms with Crippen molar-refractivity contribution in [2.45, 2.75) is 46.7 Å². The highest BCUT2D eigenvalue weighted by atomic mass is 35.5. The van der Waals surface area contributed by atoms with E-state index in [9.17, 15) is 9.59 Å². The summed E-state index contributed by atoms with van der Waals surface area (Å²) in [6, 6.07) is 12.6. The first kappa shape index (κ1) is 22.8. The lowest BCUT2D eigenvalue weighted by atomic mass is 10.1. The average molecular weight is 417 g/mol. The van der Waals surface area contributed by atoms with E-state index in [1.165, 1.54) is 0 Å². The van der Waals surface area contributed by atoms with Crippen LogP contribution >= 0.6 is 11.6 Å². The fourth-order valence-corrected chi connectivity index (χ4v) is 3.24. The molecule has 5 nitrogen and oxygen atoms in total. The van der Waals surface area contributed by atoms with Crippen LogP contribution in [0.2, 0.25) is 5.02 Å². The molecule has 0 aliphatic heterocycles. The Bertz CT molecular complexity index is 854. The van der Waals surface area contributed by atoms with E-state index in [1.54, 1.807) is 23.1 Å². The summed E-state index contributed by atoms with van der Waals surface area (Å²) in [6.45, 7) is 8.36. The van der Waals surface area contributed by atoms with Crippen LogP contribution in [0.5, 0.6) is 5.75 Å². The van der Waals surface area contributed by atoms with E-state index in [0.29, 0.717) is 30.3 Å². The Morgan fingerprint density at radius 3 is 2.45 bits per heavy atom. The molecule has 0 aliphatic carbocycles. The number of nitrogens with zero attached hydrogens (tertiary/aromatic N) is 1. The summed E-state index contributed by atoms with van der Waals surface area (Å²) in [5.41, 5.74) is 2.96. The van der Waals surface area contributed by atoms with E-state index in [2.05, 4.69) is 5.32 Å². The van der Waals surface area contributed by atoms with Gasteiger partial charge in [0.1, 0.15) is 11.8 Å². The lowest BCUT2D eigenvalue weighted by Gasteiger charge is -2.31. The molecule has 0 aliphatic rings. The SMILES string of the molecule is CCNC(=O)C(CC)N(Cc1ccccc1C)C(=O)COc1ccc(Cl)c(C)c1. The molecule has 0 aromatic heterocycles. The van der Waals surface area contributed by atoms with Gasteiger partial charge in [-0.1, -0.05) is 42.8 Å². The van der Waals surface area contributed by atoms with E-state index in [4.69, 9.17) is 16.3 Å². The second-order valence-corrected chi connectivity index (χ2v) is 7.37. The van der Waals surface area contributed by atoms with Gasteiger partial charge < -0.3 is 15.0 Å². The monoisotopic (exact) mass is 416 g/mol. The van der Waals surface area contributed by atoms with Gasteiger partial charge in [0.05, 0.1) is 0 Å². The van der Waals surface area contributed by atoms with Crippen molar-refractivity contribution in [3.63, 3.8) is 0 Å². The van der Waals surface area contributed by atoms with Crippen LogP contribution in [0.3, 0.4) is 0 Å². The van der Waals surface area contributed by atoms with Gasteiger partial charge in [0.25, 0.3) is 5.91 Å². The van der Waals surface area contributed by atoms with Crippen molar-refractivity contribution < 1.29 is 14.3 Å². The minimum absolute atomic E-state index is 0.150. The minimum atomic E-state index is -0.558. The third-order valence-electron chi connectivity index (χ3n) is 4.83. The zero-order valence-electron chi connectivity index (χ0n) is 17.5. The molecular formula is C23H29ClN2O3. The van der Waals surface area contributed by atoms with Gasteiger partial charge in [-0.15, -0.1) is 0 Å². The van der Waals surface area contributed by atoms with E-state index in [0.717, 1.165) is 16.7 Å². The van der Waals surface area contributed by atoms with Crippen molar-refractivity contribution in [2.75, 3.05) is 13.2 Å². The van der Waals surface area contributed by atoms with Gasteiger partial charge in [0.2, 0.25) is 5.91 Å². The number of hydrogen-bond donors (Lipinski definition) is 1. The number of halogens is 1. The molecule has 0 saturated heterocycles. The molecule has 29 heavy (non-hydrogen) atoms. The second-order valence-electron chi connectivity index (χ2n) is 6.97. The molecule has 0 spiro atoms. The van der Waals surface area contributed by atoms with Gasteiger partial charge in [-0.2, -0.15) is 0 Å². The average Bonchev–Trinajstić information content (AvgIpc) is 2.70. The quantitative estimate of drug-likeness (QED) is 0.663. The number of carbonyl (C=O) groups is 2. The number of benzene rings is 2. The Morgan fingerprint density at radius 2 is 1.83 bits per heavy atom. The van der Waals surface area contributed by atoms with Gasteiger partial charge in [-0.3, -0.25) is 9.59 Å². The summed E-state index contributed by atoms with van der Waals surface area (Å²) in [7, 11) is 0. The maximum Gasteiger partial charge on any atom is 0.261 e. The maximum absolute atomic E-state index is 13.1. The largest absolute Gasteiger partial charge is 0.484 e. The highest BCUT2D eigenvalue weighted by Gasteiger charge is 2.29. The fraction of sp³-hybridized carbons (Fsp3) is 0.391. The summed E-state index contributed by atoms with van der Waals surface area (Å²) in [4.78, 5) is 27.3. The van der Waals surface area contributed by atoms with E-state index >= 15 is 0 Å². The summed E-state index contributed by atoms with van der Waals surface area (Å²) in [6.07, 6.45) is 0.517. The van der Waals surface area contributed by atoms with Crippen LogP contribution in [-0.2, 0) is 16.1 Å². The number of rotatable bonds is 9. The second kappa shape index (κ2) is 10.9. The maximum atomic E-state index is 13.1. The minimum Gasteiger partial charge on any atom is -0.484 e. The van der Waals surface area contributed by atoms with Crippen molar-refractivity contribution in [3.05, 3.63) is 64.2 Å². The number of aryl methyl sites for hydroxylation is 2. The lowest BCUT2D eigenvalue weighted by molar-refractivity contribution is -0.142. The van der Waals surface area contributed by atoms with Crippen molar-refractivity contribution in [2.24, 2.45) is 0 Å². The van der Waals surface area contributed by atoms with Crippen LogP contribution in [0.15, 0.2) is 42.5 Å². The number of nitrogens with one attached hydrogen (secondary N) is 1. The van der Waals surface area contributed by atoms with Crippen LogP contribution < -0.4 is 10.1 Å². The zero-order valence-corrected chi connectivity index (χ0v) is 18.3. The standard InChI is InChI=1S/C23H29ClN2O3/c1-5-21(23(28)25-6-2)26(14-18-10-8-7-9-16(18)3)22(27)15-29-19-11-12-20(24)17(4)13-19/h7-13,21H,5-6,14-15H2,1-4H3,(H,25,28). The van der Waals surface area contributed by atoms with Crippen LogP contribution in [-0.4, -0.2) is 35.9 Å². The van der Waals surface area contributed by atoms with Gasteiger partial charge in [0.15, 0.2) is 6.61 Å². The Hall–Kier alpha value is -2.53. The molecule has 0 radical (unpaired) electrons. The number of carbonyl (C=O) groups excluding carboxylic acids is 2. The van der Waals surface area contributed by atoms with Crippen LogP contribution in [0.1, 0.15) is 37.0 Å². The van der Waals surface area contributed by atoms with Gasteiger partial charge in [-0.05, 0) is 62.1 Å². The summed E-state index contributed by atoms with van der Waals surface area (Å²) in [5, 5.41) is 3.48. The number of ether oxygens (including phenoxy) is 1. The third kappa shape index (κ3) is 6.23. The van der Waals surface area contributed by atoms with Gasteiger partial charge >= 0.3 is 0 Å². The molecule has 1 N–H and O–H groups in total. The Kier molecular flexibility index (Phi) is 8.52. The molecule has 1 atom stereocenters. The molecule has 1 unspecified atom stereocenters. The van der Waals surface area contributed by atoms with E-state index in [1.807, 2.05) is 52.0 Å². The summed E-state index contributed by atoms with van der Waals surface area (Å²) < 4.78 is 5.71. The first-order chi connectivity index (χ1) is 13.9. The molecule has 2 rings (SSSR count). The molecule has 2 aromatic carbocycles. The molecular weight excluding hydrogens is 388 g/mol. The Balaban J connectivity index is 2.22. The van der Waals surface area contributed by atoms with E-state index < -0.39 is 6.04 Å². The van der Waals surface area contributed by atoms with Crippen molar-refractivity contribution in [1.29, 1.82) is 0 Å². The lowest BCUT2D eigenvalue weighted by Crippen LogP contribution is -2.50. The van der Waals surface area contributed by atoms with Gasteiger partial charge in [0, 0.05) is 18.1 Å². The number of likely N-dealkylation sites (N-methyl/N-ethyl adjacent to an activating group) is 1. The predicted octanol–water partition coefficient (Wildman–Crippen LogP) is 4.28. The topological polar surface area (TPSA) is 58.6 Å². The normalized spacial score (nSPS) is 11.6. The smallest absolute Gasteiger partial charge is 0.261 e. The Labute approximate surface area is 178 Å². The fourth-order valence-electron chi connectivity index (χ4n) is 3.12. The zero-order chi connectivity index (χ0) is 21.4. The van der Waals surface area contributed by atoms with Crippen molar-refractivity contribution in [1.82, 2.24) is 10.2 Å². The molecule has 0 bridgehead atoms. The van der Waals surface area contributed by atoms with Crippen LogP contribution in [0.25, 0.3) is 0 Å². The first-order valence-electron chi connectivity index (χ1n) is 9.88. The molecule has 156 valence electrons. The van der Waals surface area contributed by atoms with Crippen molar-refractivity contribution in [3.8, 4) is 5.75 Å². The Morgan fingerprint density at radius 1 is 1.10 bits per heavy atom. The molecule has 2 aromatic rings. The third-order valence-corrected chi connectivity index (χ3v) is 5.25. The molecule has 0 fully saturated rings. The van der Waals surface area contributed by atoms with E-state index in [-0.39, 0.29) is 18.4 Å². The number of amides is 2.